The molecular formula is C36H42. The van der Waals surface area contributed by atoms with Crippen molar-refractivity contribution in [3.63, 3.8) is 0 Å². The third-order valence-corrected chi connectivity index (χ3v) is 6.87. The molecule has 0 amide bonds. The fourth-order valence-electron chi connectivity index (χ4n) is 4.95. The van der Waals surface area contributed by atoms with Crippen LogP contribution in [0.25, 0.3) is 6.08 Å². The lowest BCUT2D eigenvalue weighted by Gasteiger charge is -2.13. The second kappa shape index (κ2) is 15.6. The van der Waals surface area contributed by atoms with Crippen molar-refractivity contribution in [2.45, 2.75) is 65.2 Å². The number of hydrogen-bond donors (Lipinski definition) is 0. The first-order chi connectivity index (χ1) is 17.4. The monoisotopic (exact) mass is 474 g/mol. The van der Waals surface area contributed by atoms with Crippen molar-refractivity contribution in [2.24, 2.45) is 0 Å². The van der Waals surface area contributed by atoms with Crippen LogP contribution in [0.2, 0.25) is 0 Å². The van der Waals surface area contributed by atoms with Crippen LogP contribution in [-0.4, -0.2) is 0 Å². The Bertz CT molecular complexity index is 1090. The van der Waals surface area contributed by atoms with Crippen molar-refractivity contribution < 1.29 is 0 Å². The van der Waals surface area contributed by atoms with E-state index in [1.165, 1.54) is 68.9 Å². The van der Waals surface area contributed by atoms with E-state index in [0.29, 0.717) is 0 Å². The van der Waals surface area contributed by atoms with Crippen molar-refractivity contribution >= 4 is 6.08 Å². The lowest BCUT2D eigenvalue weighted by atomic mass is 9.92. The van der Waals surface area contributed by atoms with Gasteiger partial charge in [-0.2, -0.15) is 0 Å². The molecule has 0 fully saturated rings. The molecule has 0 heterocycles. The Kier molecular flexibility index (Phi) is 11.8. The number of hydrogen-bond acceptors (Lipinski definition) is 0. The fraction of sp³-hybridized carbons (Fsp3) is 0.278. The summed E-state index contributed by atoms with van der Waals surface area (Å²) in [5.74, 6) is 0. The summed E-state index contributed by atoms with van der Waals surface area (Å²) in [5.41, 5.74) is 9.18. The van der Waals surface area contributed by atoms with Gasteiger partial charge < -0.3 is 0 Å². The summed E-state index contributed by atoms with van der Waals surface area (Å²) in [7, 11) is 0. The Morgan fingerprint density at radius 1 is 0.361 bits per heavy atom. The van der Waals surface area contributed by atoms with Gasteiger partial charge in [0, 0.05) is 0 Å². The second-order valence-electron chi connectivity index (χ2n) is 9.39. The molecule has 0 aromatic heterocycles. The minimum Gasteiger partial charge on any atom is -0.0836 e. The third-order valence-electron chi connectivity index (χ3n) is 6.87. The zero-order valence-electron chi connectivity index (χ0n) is 20.9. The van der Waals surface area contributed by atoms with Gasteiger partial charge in [0.05, 0.1) is 0 Å². The van der Waals surface area contributed by atoms with E-state index in [-0.39, 0.29) is 7.43 Å². The number of rotatable bonds is 0. The van der Waals surface area contributed by atoms with Gasteiger partial charge in [-0.25, -0.2) is 0 Å². The number of aryl methyl sites for hydroxylation is 5. The van der Waals surface area contributed by atoms with Crippen LogP contribution in [0.5, 0.6) is 0 Å². The number of fused-ring (bicyclic) bond motifs is 3. The van der Waals surface area contributed by atoms with Gasteiger partial charge in [0.2, 0.25) is 0 Å². The lowest BCUT2D eigenvalue weighted by Crippen LogP contribution is -2.00. The van der Waals surface area contributed by atoms with E-state index in [1.807, 2.05) is 36.4 Å². The van der Waals surface area contributed by atoms with E-state index >= 15 is 0 Å². The molecule has 0 atom stereocenters. The van der Waals surface area contributed by atoms with E-state index < -0.39 is 0 Å². The van der Waals surface area contributed by atoms with Gasteiger partial charge >= 0.3 is 0 Å². The average Bonchev–Trinajstić information content (AvgIpc) is 3.44. The van der Waals surface area contributed by atoms with E-state index in [9.17, 15) is 0 Å². The highest BCUT2D eigenvalue weighted by molar-refractivity contribution is 5.55. The van der Waals surface area contributed by atoms with Crippen molar-refractivity contribution in [1.82, 2.24) is 0 Å². The Morgan fingerprint density at radius 2 is 0.750 bits per heavy atom. The van der Waals surface area contributed by atoms with Gasteiger partial charge in [-0.1, -0.05) is 129 Å². The zero-order chi connectivity index (χ0) is 24.0. The molecule has 0 unspecified atom stereocenters. The van der Waals surface area contributed by atoms with Gasteiger partial charge in [0.15, 0.2) is 0 Å². The maximum Gasteiger partial charge on any atom is -0.0228 e. The van der Waals surface area contributed by atoms with Gasteiger partial charge in [0.1, 0.15) is 0 Å². The van der Waals surface area contributed by atoms with E-state index in [2.05, 4.69) is 84.9 Å². The van der Waals surface area contributed by atoms with Crippen LogP contribution >= 0.6 is 0 Å². The molecule has 0 nitrogen and oxygen atoms in total. The Balaban J connectivity index is 0.000000135. The molecule has 0 saturated carbocycles. The van der Waals surface area contributed by atoms with Crippen LogP contribution in [0.15, 0.2) is 115 Å². The highest BCUT2D eigenvalue weighted by Crippen LogP contribution is 2.21. The molecule has 7 rings (SSSR count). The van der Waals surface area contributed by atoms with Crippen LogP contribution in [0.4, 0.5) is 0 Å². The molecule has 4 aromatic rings. The molecule has 0 saturated heterocycles. The largest absolute Gasteiger partial charge is 0.0836 e. The molecule has 3 aliphatic carbocycles. The zero-order valence-corrected chi connectivity index (χ0v) is 20.9. The predicted molar refractivity (Wildman–Crippen MR) is 159 cm³/mol. The second-order valence-corrected chi connectivity index (χ2v) is 9.39. The Labute approximate surface area is 219 Å². The van der Waals surface area contributed by atoms with Crippen LogP contribution in [-0.2, 0) is 32.1 Å². The van der Waals surface area contributed by atoms with Crippen molar-refractivity contribution in [3.05, 3.63) is 149 Å². The van der Waals surface area contributed by atoms with Crippen LogP contribution < -0.4 is 0 Å². The van der Waals surface area contributed by atoms with Gasteiger partial charge in [0.25, 0.3) is 0 Å². The summed E-state index contributed by atoms with van der Waals surface area (Å²) < 4.78 is 0. The summed E-state index contributed by atoms with van der Waals surface area (Å²) in [4.78, 5) is 0. The topological polar surface area (TPSA) is 0 Å². The third kappa shape index (κ3) is 8.68. The molecule has 0 N–H and O–H groups in total. The highest BCUT2D eigenvalue weighted by Gasteiger charge is 2.07. The molecule has 0 spiro atoms. The maximum atomic E-state index is 2.26. The van der Waals surface area contributed by atoms with Crippen molar-refractivity contribution in [2.75, 3.05) is 0 Å². The fourth-order valence-corrected chi connectivity index (χ4v) is 4.95. The molecule has 0 heteroatoms. The summed E-state index contributed by atoms with van der Waals surface area (Å²) in [5, 5.41) is 0. The van der Waals surface area contributed by atoms with Gasteiger partial charge in [-0.3, -0.25) is 0 Å². The number of allylic oxidation sites excluding steroid dienone is 1. The van der Waals surface area contributed by atoms with Crippen LogP contribution in [0.3, 0.4) is 0 Å². The molecule has 0 aliphatic heterocycles. The molecule has 36 heavy (non-hydrogen) atoms. The van der Waals surface area contributed by atoms with Crippen molar-refractivity contribution in [3.8, 4) is 0 Å². The molecular weight excluding hydrogens is 432 g/mol. The SMILES string of the molecule is C.C1=Cc2ccccc2CC1.c1ccc2c(c1)CCC2.c1ccc2c(c1)CCCC2.c1ccccc1. The molecule has 0 radical (unpaired) electrons. The normalized spacial score (nSPS) is 13.9. The molecule has 0 bridgehead atoms. The van der Waals surface area contributed by atoms with Crippen molar-refractivity contribution in [1.29, 1.82) is 0 Å². The Morgan fingerprint density at radius 3 is 1.19 bits per heavy atom. The Hall–Kier alpha value is -3.38. The van der Waals surface area contributed by atoms with E-state index in [1.54, 1.807) is 22.3 Å². The quantitative estimate of drug-likeness (QED) is 0.238. The number of benzene rings is 4. The van der Waals surface area contributed by atoms with Crippen LogP contribution in [0.1, 0.15) is 66.5 Å². The van der Waals surface area contributed by atoms with Gasteiger partial charge in [-0.15, -0.1) is 0 Å². The maximum absolute atomic E-state index is 2.26. The first kappa shape index (κ1) is 27.2. The minimum atomic E-state index is 0. The molecule has 3 aliphatic rings. The van der Waals surface area contributed by atoms with E-state index in [0.717, 1.165) is 0 Å². The summed E-state index contributed by atoms with van der Waals surface area (Å²) >= 11 is 0. The summed E-state index contributed by atoms with van der Waals surface area (Å²) in [6.07, 6.45) is 16.2. The summed E-state index contributed by atoms with van der Waals surface area (Å²) in [6, 6.07) is 38.1. The average molecular weight is 475 g/mol. The first-order valence-electron chi connectivity index (χ1n) is 13.3. The minimum absolute atomic E-state index is 0. The van der Waals surface area contributed by atoms with E-state index in [4.69, 9.17) is 0 Å². The highest BCUT2D eigenvalue weighted by atomic mass is 14.1. The van der Waals surface area contributed by atoms with Gasteiger partial charge in [-0.05, 0) is 91.2 Å². The smallest absolute Gasteiger partial charge is 0.0228 e. The predicted octanol–water partition coefficient (Wildman–Crippen LogP) is 9.71. The lowest BCUT2D eigenvalue weighted by molar-refractivity contribution is 0.685. The standard InChI is InChI=1S/C10H12.C10H10.C9H10.C6H6.CH4/c2*1-2-6-10-8-4-3-7-9(10)5-1;1-2-5-9-7-3-6-8(9)4-1;1-2-4-6-5-3-1;/h1-2,5-6H,3-4,7-8H2;1-3,5-7H,4,8H2;1-2,4-5H,3,6-7H2;1-6H;1H4. The summed E-state index contributed by atoms with van der Waals surface area (Å²) in [6.45, 7) is 0. The first-order valence-corrected chi connectivity index (χ1v) is 13.3. The molecule has 186 valence electrons. The molecule has 4 aromatic carbocycles. The van der Waals surface area contributed by atoms with Crippen LogP contribution in [0, 0.1) is 0 Å².